The van der Waals surface area contributed by atoms with Gasteiger partial charge in [-0.15, -0.1) is 0 Å². The second-order valence-corrected chi connectivity index (χ2v) is 4.38. The number of aliphatic hydroxyl groups is 1. The van der Waals surface area contributed by atoms with Gasteiger partial charge in [0.15, 0.2) is 6.61 Å². The predicted molar refractivity (Wildman–Crippen MR) is 76.5 cm³/mol. The van der Waals surface area contributed by atoms with Crippen molar-refractivity contribution in [3.05, 3.63) is 29.8 Å². The maximum Gasteiger partial charge on any atom is 0.174 e. The molecule has 0 fully saturated rings. The van der Waals surface area contributed by atoms with Crippen molar-refractivity contribution >= 4 is 0 Å². The number of ether oxygens (including phenoxy) is 2. The van der Waals surface area contributed by atoms with Crippen molar-refractivity contribution in [3.63, 3.8) is 0 Å². The van der Waals surface area contributed by atoms with E-state index in [9.17, 15) is 0 Å². The molecule has 0 aliphatic heterocycles. The molecule has 5 nitrogen and oxygen atoms in total. The Kier molecular flexibility index (Phi) is 8.40. The van der Waals surface area contributed by atoms with E-state index in [1.165, 1.54) is 5.56 Å². The Labute approximate surface area is 120 Å². The van der Waals surface area contributed by atoms with Gasteiger partial charge in [-0.3, -0.25) is 0 Å². The zero-order valence-electron chi connectivity index (χ0n) is 11.8. The zero-order valence-corrected chi connectivity index (χ0v) is 11.8. The van der Waals surface area contributed by atoms with Crippen molar-refractivity contribution in [2.24, 2.45) is 0 Å². The Morgan fingerprint density at radius 1 is 1.30 bits per heavy atom. The first-order valence-electron chi connectivity index (χ1n) is 6.79. The molecule has 1 aromatic carbocycles. The molecule has 1 rings (SSSR count). The lowest BCUT2D eigenvalue weighted by atomic mass is 10.1. The summed E-state index contributed by atoms with van der Waals surface area (Å²) in [6, 6.07) is 9.91. The number of nitrogens with one attached hydrogen (secondary N) is 1. The van der Waals surface area contributed by atoms with Gasteiger partial charge in [-0.2, -0.15) is 5.26 Å². The number of nitrogens with zero attached hydrogens (tertiary/aromatic N) is 1. The van der Waals surface area contributed by atoms with Gasteiger partial charge >= 0.3 is 0 Å². The molecule has 0 saturated heterocycles. The van der Waals surface area contributed by atoms with E-state index in [0.717, 1.165) is 13.0 Å². The van der Waals surface area contributed by atoms with Crippen molar-refractivity contribution in [2.75, 3.05) is 33.0 Å². The molecule has 5 heteroatoms. The van der Waals surface area contributed by atoms with E-state index >= 15 is 0 Å². The highest BCUT2D eigenvalue weighted by Crippen LogP contribution is 2.17. The highest BCUT2D eigenvalue weighted by Gasteiger charge is 2.04. The summed E-state index contributed by atoms with van der Waals surface area (Å²) in [5, 5.41) is 20.4. The minimum Gasteiger partial charge on any atom is -0.479 e. The Balaban J connectivity index is 2.25. The van der Waals surface area contributed by atoms with Crippen LogP contribution in [-0.2, 0) is 4.74 Å². The quantitative estimate of drug-likeness (QED) is 0.636. The highest BCUT2D eigenvalue weighted by molar-refractivity contribution is 5.29. The van der Waals surface area contributed by atoms with Crippen LogP contribution in [0.3, 0.4) is 0 Å². The monoisotopic (exact) mass is 278 g/mol. The lowest BCUT2D eigenvalue weighted by Gasteiger charge is -2.14. The maximum absolute atomic E-state index is 8.57. The summed E-state index contributed by atoms with van der Waals surface area (Å²) in [6.07, 6.45) is 0.910. The molecule has 0 bridgehead atoms. The smallest absolute Gasteiger partial charge is 0.174 e. The number of aliphatic hydroxyl groups excluding tert-OH is 1. The van der Waals surface area contributed by atoms with E-state index in [2.05, 4.69) is 12.2 Å². The van der Waals surface area contributed by atoms with Crippen molar-refractivity contribution in [3.8, 4) is 11.8 Å². The van der Waals surface area contributed by atoms with Gasteiger partial charge in [0, 0.05) is 12.6 Å². The van der Waals surface area contributed by atoms with E-state index in [4.69, 9.17) is 19.8 Å². The van der Waals surface area contributed by atoms with Crippen LogP contribution in [0.4, 0.5) is 0 Å². The summed E-state index contributed by atoms with van der Waals surface area (Å²) in [4.78, 5) is 0. The lowest BCUT2D eigenvalue weighted by Crippen LogP contribution is -2.21. The maximum atomic E-state index is 8.57. The van der Waals surface area contributed by atoms with Crippen LogP contribution in [0.15, 0.2) is 24.3 Å². The summed E-state index contributed by atoms with van der Waals surface area (Å²) < 4.78 is 10.4. The molecule has 0 radical (unpaired) electrons. The van der Waals surface area contributed by atoms with Gasteiger partial charge < -0.3 is 19.9 Å². The van der Waals surface area contributed by atoms with Gasteiger partial charge in [-0.05, 0) is 37.6 Å². The molecule has 2 N–H and O–H groups in total. The third-order valence-electron chi connectivity index (χ3n) is 2.84. The fourth-order valence-electron chi connectivity index (χ4n) is 1.75. The fraction of sp³-hybridized carbons (Fsp3) is 0.533. The highest BCUT2D eigenvalue weighted by atomic mass is 16.5. The van der Waals surface area contributed by atoms with E-state index in [0.29, 0.717) is 19.0 Å². The number of rotatable bonds is 10. The Morgan fingerprint density at radius 2 is 2.05 bits per heavy atom. The van der Waals surface area contributed by atoms with Gasteiger partial charge in [0.25, 0.3) is 0 Å². The second kappa shape index (κ2) is 10.2. The third kappa shape index (κ3) is 6.53. The predicted octanol–water partition coefficient (Wildman–Crippen LogP) is 1.64. The first kappa shape index (κ1) is 16.4. The van der Waals surface area contributed by atoms with Crippen LogP contribution < -0.4 is 10.1 Å². The van der Waals surface area contributed by atoms with Crippen LogP contribution >= 0.6 is 0 Å². The van der Waals surface area contributed by atoms with Gasteiger partial charge in [-0.25, -0.2) is 0 Å². The van der Waals surface area contributed by atoms with Crippen LogP contribution in [0.25, 0.3) is 0 Å². The summed E-state index contributed by atoms with van der Waals surface area (Å²) in [6.45, 7) is 4.16. The number of hydrogen-bond acceptors (Lipinski definition) is 5. The second-order valence-electron chi connectivity index (χ2n) is 4.38. The van der Waals surface area contributed by atoms with E-state index in [1.54, 1.807) is 0 Å². The van der Waals surface area contributed by atoms with Gasteiger partial charge in [-0.1, -0.05) is 12.1 Å². The molecule has 0 spiro atoms. The normalized spacial score (nSPS) is 11.8. The summed E-state index contributed by atoms with van der Waals surface area (Å²) in [5.74, 6) is 0.708. The average Bonchev–Trinajstić information content (AvgIpc) is 2.49. The molecular weight excluding hydrogens is 256 g/mol. The molecule has 0 amide bonds. The molecule has 1 unspecified atom stereocenters. The van der Waals surface area contributed by atoms with Crippen molar-refractivity contribution < 1.29 is 14.6 Å². The molecule has 110 valence electrons. The summed E-state index contributed by atoms with van der Waals surface area (Å²) in [5.41, 5.74) is 1.17. The Morgan fingerprint density at radius 3 is 2.70 bits per heavy atom. The Hall–Kier alpha value is -1.61. The summed E-state index contributed by atoms with van der Waals surface area (Å²) in [7, 11) is 0. The molecule has 1 atom stereocenters. The molecule has 0 aliphatic rings. The molecule has 0 aromatic heterocycles. The molecule has 1 aromatic rings. The standard InChI is InChI=1S/C15H22N2O3/c1-13(17-8-2-10-19-12-9-18)14-3-5-15(6-4-14)20-11-7-16/h3-6,13,17-18H,2,8-12H2,1H3. The van der Waals surface area contributed by atoms with Gasteiger partial charge in [0.1, 0.15) is 11.8 Å². The van der Waals surface area contributed by atoms with Crippen LogP contribution in [0.1, 0.15) is 24.9 Å². The van der Waals surface area contributed by atoms with Gasteiger partial charge in [0.05, 0.1) is 13.2 Å². The van der Waals surface area contributed by atoms with E-state index < -0.39 is 0 Å². The first-order valence-corrected chi connectivity index (χ1v) is 6.79. The molecule has 0 saturated carbocycles. The summed E-state index contributed by atoms with van der Waals surface area (Å²) >= 11 is 0. The molecular formula is C15H22N2O3. The van der Waals surface area contributed by atoms with E-state index in [-0.39, 0.29) is 19.3 Å². The average molecular weight is 278 g/mol. The van der Waals surface area contributed by atoms with Crippen molar-refractivity contribution in [1.29, 1.82) is 5.26 Å². The number of hydrogen-bond donors (Lipinski definition) is 2. The number of nitriles is 1. The van der Waals surface area contributed by atoms with Crippen molar-refractivity contribution in [2.45, 2.75) is 19.4 Å². The van der Waals surface area contributed by atoms with Crippen LogP contribution in [-0.4, -0.2) is 38.1 Å². The number of benzene rings is 1. The molecule has 20 heavy (non-hydrogen) atoms. The Bertz CT molecular complexity index is 401. The molecule has 0 aliphatic carbocycles. The minimum absolute atomic E-state index is 0.0704. The van der Waals surface area contributed by atoms with Crippen LogP contribution in [0, 0.1) is 11.3 Å². The van der Waals surface area contributed by atoms with E-state index in [1.807, 2.05) is 30.3 Å². The zero-order chi connectivity index (χ0) is 14.6. The van der Waals surface area contributed by atoms with Crippen molar-refractivity contribution in [1.82, 2.24) is 5.32 Å². The third-order valence-corrected chi connectivity index (χ3v) is 2.84. The topological polar surface area (TPSA) is 74.5 Å². The first-order chi connectivity index (χ1) is 9.77. The minimum atomic E-state index is 0.0704. The SMILES string of the molecule is CC(NCCCOCCO)c1ccc(OCC#N)cc1. The fourth-order valence-corrected chi connectivity index (χ4v) is 1.75. The van der Waals surface area contributed by atoms with Crippen LogP contribution in [0.2, 0.25) is 0 Å². The lowest BCUT2D eigenvalue weighted by molar-refractivity contribution is 0.0904. The van der Waals surface area contributed by atoms with Gasteiger partial charge in [0.2, 0.25) is 0 Å². The van der Waals surface area contributed by atoms with Crippen LogP contribution in [0.5, 0.6) is 5.75 Å². The molecule has 0 heterocycles. The largest absolute Gasteiger partial charge is 0.479 e.